The molecular formula is C11H11F3O. The second-order valence-electron chi connectivity index (χ2n) is 3.13. The molecule has 15 heavy (non-hydrogen) atoms. The fourth-order valence-electron chi connectivity index (χ4n) is 1.33. The first-order valence-electron chi connectivity index (χ1n) is 4.42. The van der Waals surface area contributed by atoms with Crippen molar-refractivity contribution >= 4 is 0 Å². The van der Waals surface area contributed by atoms with Gasteiger partial charge in [-0.3, -0.25) is 0 Å². The Hall–Kier alpha value is -1.29. The lowest BCUT2D eigenvalue weighted by Gasteiger charge is -2.16. The SMILES string of the molecule is C=CC[C@@H](O)c1ccccc1C(F)(F)F. The van der Waals surface area contributed by atoms with E-state index in [1.807, 2.05) is 0 Å². The summed E-state index contributed by atoms with van der Waals surface area (Å²) in [5.41, 5.74) is -0.899. The number of aliphatic hydroxyl groups is 1. The van der Waals surface area contributed by atoms with E-state index in [4.69, 9.17) is 0 Å². The summed E-state index contributed by atoms with van der Waals surface area (Å²) in [6.07, 6.45) is -4.09. The van der Waals surface area contributed by atoms with Crippen molar-refractivity contribution < 1.29 is 18.3 Å². The van der Waals surface area contributed by atoms with Gasteiger partial charge in [-0.15, -0.1) is 6.58 Å². The van der Waals surface area contributed by atoms with Gasteiger partial charge < -0.3 is 5.11 Å². The number of halogens is 3. The number of hydrogen-bond acceptors (Lipinski definition) is 1. The monoisotopic (exact) mass is 216 g/mol. The summed E-state index contributed by atoms with van der Waals surface area (Å²) in [6, 6.07) is 5.00. The highest BCUT2D eigenvalue weighted by Crippen LogP contribution is 2.35. The Kier molecular flexibility index (Phi) is 3.52. The van der Waals surface area contributed by atoms with E-state index in [-0.39, 0.29) is 12.0 Å². The first-order chi connectivity index (χ1) is 6.96. The van der Waals surface area contributed by atoms with Gasteiger partial charge in [0, 0.05) is 0 Å². The van der Waals surface area contributed by atoms with Crippen LogP contribution in [0.1, 0.15) is 23.7 Å². The highest BCUT2D eigenvalue weighted by Gasteiger charge is 2.34. The van der Waals surface area contributed by atoms with Gasteiger partial charge in [0.2, 0.25) is 0 Å². The van der Waals surface area contributed by atoms with Crippen molar-refractivity contribution in [1.82, 2.24) is 0 Å². The third kappa shape index (κ3) is 2.83. The molecule has 0 bridgehead atoms. The number of hydrogen-bond donors (Lipinski definition) is 1. The van der Waals surface area contributed by atoms with Crippen LogP contribution in [0, 0.1) is 0 Å². The molecule has 0 amide bonds. The fourth-order valence-corrected chi connectivity index (χ4v) is 1.33. The Morgan fingerprint density at radius 1 is 1.33 bits per heavy atom. The molecule has 0 unspecified atom stereocenters. The van der Waals surface area contributed by atoms with Crippen molar-refractivity contribution in [2.75, 3.05) is 0 Å². The summed E-state index contributed by atoms with van der Waals surface area (Å²) in [5, 5.41) is 9.49. The van der Waals surface area contributed by atoms with Gasteiger partial charge >= 0.3 is 6.18 Å². The molecule has 0 fully saturated rings. The van der Waals surface area contributed by atoms with E-state index in [9.17, 15) is 18.3 Å². The molecule has 1 aromatic rings. The van der Waals surface area contributed by atoms with E-state index in [1.54, 1.807) is 0 Å². The van der Waals surface area contributed by atoms with Crippen molar-refractivity contribution in [3.05, 3.63) is 48.0 Å². The van der Waals surface area contributed by atoms with Crippen LogP contribution < -0.4 is 0 Å². The fraction of sp³-hybridized carbons (Fsp3) is 0.273. The summed E-state index contributed by atoms with van der Waals surface area (Å²) < 4.78 is 37.5. The average Bonchev–Trinajstić information content (AvgIpc) is 2.17. The van der Waals surface area contributed by atoms with Crippen molar-refractivity contribution in [3.63, 3.8) is 0 Å². The molecule has 1 N–H and O–H groups in total. The summed E-state index contributed by atoms with van der Waals surface area (Å²) in [6.45, 7) is 3.38. The van der Waals surface area contributed by atoms with Gasteiger partial charge in [-0.1, -0.05) is 24.3 Å². The molecule has 0 aromatic heterocycles. The molecule has 82 valence electrons. The predicted molar refractivity (Wildman–Crippen MR) is 51.2 cm³/mol. The highest BCUT2D eigenvalue weighted by molar-refractivity contribution is 5.31. The molecule has 0 heterocycles. The van der Waals surface area contributed by atoms with Crippen LogP contribution >= 0.6 is 0 Å². The second-order valence-corrected chi connectivity index (χ2v) is 3.13. The number of alkyl halides is 3. The van der Waals surface area contributed by atoms with E-state index in [2.05, 4.69) is 6.58 Å². The number of rotatable bonds is 3. The van der Waals surface area contributed by atoms with Crippen molar-refractivity contribution in [2.45, 2.75) is 18.7 Å². The summed E-state index contributed by atoms with van der Waals surface area (Å²) in [5.74, 6) is 0. The normalized spacial score (nSPS) is 13.6. The largest absolute Gasteiger partial charge is 0.416 e. The van der Waals surface area contributed by atoms with E-state index < -0.39 is 17.8 Å². The smallest absolute Gasteiger partial charge is 0.388 e. The first-order valence-corrected chi connectivity index (χ1v) is 4.42. The van der Waals surface area contributed by atoms with Gasteiger partial charge in [0.1, 0.15) is 0 Å². The number of benzene rings is 1. The Morgan fingerprint density at radius 3 is 2.47 bits per heavy atom. The van der Waals surface area contributed by atoms with Crippen LogP contribution in [0.3, 0.4) is 0 Å². The van der Waals surface area contributed by atoms with E-state index >= 15 is 0 Å². The maximum absolute atomic E-state index is 12.5. The Labute approximate surface area is 85.9 Å². The summed E-state index contributed by atoms with van der Waals surface area (Å²) in [4.78, 5) is 0. The van der Waals surface area contributed by atoms with Crippen molar-refractivity contribution in [3.8, 4) is 0 Å². The molecule has 0 aliphatic carbocycles. The van der Waals surface area contributed by atoms with Crippen molar-refractivity contribution in [1.29, 1.82) is 0 Å². The molecule has 0 saturated carbocycles. The minimum atomic E-state index is -4.43. The van der Waals surface area contributed by atoms with Gasteiger partial charge in [0.05, 0.1) is 11.7 Å². The third-order valence-corrected chi connectivity index (χ3v) is 2.02. The van der Waals surface area contributed by atoms with Crippen LogP contribution in [-0.4, -0.2) is 5.11 Å². The van der Waals surface area contributed by atoms with Gasteiger partial charge in [-0.05, 0) is 18.1 Å². The lowest BCUT2D eigenvalue weighted by atomic mass is 10.00. The third-order valence-electron chi connectivity index (χ3n) is 2.02. The van der Waals surface area contributed by atoms with Crippen LogP contribution in [0.2, 0.25) is 0 Å². The molecule has 1 nitrogen and oxygen atoms in total. The van der Waals surface area contributed by atoms with Crippen LogP contribution in [0.5, 0.6) is 0 Å². The van der Waals surface area contributed by atoms with Crippen LogP contribution in [-0.2, 0) is 6.18 Å². The second kappa shape index (κ2) is 4.49. The van der Waals surface area contributed by atoms with Crippen LogP contribution in [0.4, 0.5) is 13.2 Å². The molecule has 0 spiro atoms. The Balaban J connectivity index is 3.12. The molecule has 4 heteroatoms. The van der Waals surface area contributed by atoms with E-state index in [1.165, 1.54) is 24.3 Å². The molecule has 1 aromatic carbocycles. The minimum absolute atomic E-state index is 0.104. The lowest BCUT2D eigenvalue weighted by Crippen LogP contribution is -2.11. The highest BCUT2D eigenvalue weighted by atomic mass is 19.4. The zero-order chi connectivity index (χ0) is 11.5. The topological polar surface area (TPSA) is 20.2 Å². The van der Waals surface area contributed by atoms with Crippen LogP contribution in [0.25, 0.3) is 0 Å². The summed E-state index contributed by atoms with van der Waals surface area (Å²) in [7, 11) is 0. The maximum Gasteiger partial charge on any atom is 0.416 e. The molecule has 1 rings (SSSR count). The standard InChI is InChI=1S/C11H11F3O/c1-2-5-10(15)8-6-3-4-7-9(8)11(12,13)14/h2-4,6-7,10,15H,1,5H2/t10-/m1/s1. The zero-order valence-electron chi connectivity index (χ0n) is 7.96. The predicted octanol–water partition coefficient (Wildman–Crippen LogP) is 3.31. The zero-order valence-corrected chi connectivity index (χ0v) is 7.96. The van der Waals surface area contributed by atoms with Gasteiger partial charge in [-0.25, -0.2) is 0 Å². The molecule has 0 aliphatic heterocycles. The van der Waals surface area contributed by atoms with Gasteiger partial charge in [0.25, 0.3) is 0 Å². The van der Waals surface area contributed by atoms with E-state index in [0.29, 0.717) is 0 Å². The Bertz CT molecular complexity index is 344. The molecule has 0 radical (unpaired) electrons. The Morgan fingerprint density at radius 2 is 1.93 bits per heavy atom. The number of aliphatic hydroxyl groups excluding tert-OH is 1. The lowest BCUT2D eigenvalue weighted by molar-refractivity contribution is -0.139. The van der Waals surface area contributed by atoms with E-state index in [0.717, 1.165) is 6.07 Å². The van der Waals surface area contributed by atoms with Gasteiger partial charge in [0.15, 0.2) is 0 Å². The molecule has 0 saturated heterocycles. The van der Waals surface area contributed by atoms with Gasteiger partial charge in [-0.2, -0.15) is 13.2 Å². The van der Waals surface area contributed by atoms with Crippen molar-refractivity contribution in [2.24, 2.45) is 0 Å². The quantitative estimate of drug-likeness (QED) is 0.768. The minimum Gasteiger partial charge on any atom is -0.388 e. The maximum atomic E-state index is 12.5. The molecule has 1 atom stereocenters. The average molecular weight is 216 g/mol. The first kappa shape index (κ1) is 11.8. The molecular weight excluding hydrogens is 205 g/mol. The summed E-state index contributed by atoms with van der Waals surface area (Å²) >= 11 is 0. The van der Waals surface area contributed by atoms with Crippen LogP contribution in [0.15, 0.2) is 36.9 Å². The molecule has 0 aliphatic rings.